The van der Waals surface area contributed by atoms with E-state index in [1.807, 2.05) is 97.1 Å². The summed E-state index contributed by atoms with van der Waals surface area (Å²) < 4.78 is 252. The van der Waals surface area contributed by atoms with Gasteiger partial charge in [0.25, 0.3) is 0 Å². The Labute approximate surface area is 536 Å². The predicted octanol–water partition coefficient (Wildman–Crippen LogP) is 24.3. The molecule has 0 unspecified atom stereocenters. The second kappa shape index (κ2) is 19.5. The zero-order chi connectivity index (χ0) is 79.7. The summed E-state index contributed by atoms with van der Waals surface area (Å²) in [5.41, 5.74) is 2.28. The molecule has 0 aliphatic rings. The second-order valence-electron chi connectivity index (χ2n) is 20.9. The highest BCUT2D eigenvalue weighted by atomic mass is 16.3. The van der Waals surface area contributed by atoms with Crippen molar-refractivity contribution in [2.75, 3.05) is 0 Å². The third kappa shape index (κ3) is 7.56. The van der Waals surface area contributed by atoms with Gasteiger partial charge in [0, 0.05) is 43.4 Å². The van der Waals surface area contributed by atoms with E-state index in [-0.39, 0.29) is 104 Å². The number of hydrogen-bond acceptors (Lipinski definition) is 3. The van der Waals surface area contributed by atoms with Gasteiger partial charge in [-0.3, -0.25) is 0 Å². The molecule has 16 aromatic carbocycles. The number of fused-ring (bicyclic) bond motifs is 15. The molecule has 404 valence electrons. The zero-order valence-corrected chi connectivity index (χ0v) is 45.1. The largest absolute Gasteiger partial charge is 0.455 e. The molecule has 0 aliphatic carbocycles. The molecule has 3 aromatic heterocycles. The summed E-state index contributed by atoms with van der Waals surface area (Å²) >= 11 is 0. The van der Waals surface area contributed by atoms with Crippen LogP contribution in [0.1, 0.15) is 35.6 Å². The molecule has 3 heterocycles. The first-order chi connectivity index (χ1) is 54.0. The van der Waals surface area contributed by atoms with Gasteiger partial charge in [0.1, 0.15) is 33.5 Å². The Morgan fingerprint density at radius 2 is 0.632 bits per heavy atom. The van der Waals surface area contributed by atoms with Crippen molar-refractivity contribution in [3.63, 3.8) is 0 Å². The van der Waals surface area contributed by atoms with Crippen molar-refractivity contribution in [3.8, 4) is 55.6 Å². The van der Waals surface area contributed by atoms with Crippen LogP contribution < -0.4 is 0 Å². The molecular formula is C84H50O3. The fourth-order valence-corrected chi connectivity index (χ4v) is 12.7. The average molecular weight is 1130 g/mol. The van der Waals surface area contributed by atoms with Gasteiger partial charge in [-0.2, -0.15) is 0 Å². The van der Waals surface area contributed by atoms with E-state index in [2.05, 4.69) is 0 Å². The topological polar surface area (TPSA) is 39.4 Å². The van der Waals surface area contributed by atoms with E-state index in [0.717, 1.165) is 16.2 Å². The summed E-state index contributed by atoms with van der Waals surface area (Å²) in [4.78, 5) is 0. The lowest BCUT2D eigenvalue weighted by Gasteiger charge is -2.19. The number of furan rings is 3. The summed E-state index contributed by atoms with van der Waals surface area (Å²) in [6.07, 6.45) is 0. The van der Waals surface area contributed by atoms with Crippen molar-refractivity contribution in [1.82, 2.24) is 0 Å². The van der Waals surface area contributed by atoms with Crippen LogP contribution in [-0.4, -0.2) is 0 Å². The molecular weight excluding hydrogens is 1060 g/mol. The maximum atomic E-state index is 9.56. The quantitative estimate of drug-likeness (QED) is 0.161. The van der Waals surface area contributed by atoms with E-state index in [4.69, 9.17) is 37.9 Å². The van der Waals surface area contributed by atoms with Crippen LogP contribution in [0.25, 0.3) is 186 Å². The van der Waals surface area contributed by atoms with Gasteiger partial charge in [0.05, 0.1) is 41.2 Å². The van der Waals surface area contributed by atoms with E-state index >= 15 is 0 Å². The standard InChI is InChI=1S/C46H28O.C38H22O2/c1-2-13-30(14-3-1)34-25-26-40(45-41-27-31-16-4-5-17-32(31)28-42(41)47-46(34)45)44-38-22-10-8-20-36(38)43(37-21-9-11-23-39(37)44)35-24-12-18-29-15-6-7-19-33(29)35;1-2-12-23(13-3-1)34-26-16-4-6-18-28(26)35(29-19-7-5-17-27(29)34)36-37-30(24-14-8-10-20-32(24)39-37)22-31-25-15-9-11-21-33(25)40-38(31)36/h1-28H;1-22H/i1D,2D,3D,8D,9D,10D,11D,13D,14D,20D,21D,22D,23D;1D,2D,3D,4D,5D,6D,7D,12D,13D,16D,17D,18D,19D. The summed E-state index contributed by atoms with van der Waals surface area (Å²) in [5, 5.41) is 5.72. The molecule has 0 fully saturated rings. The van der Waals surface area contributed by atoms with Crippen molar-refractivity contribution in [2.45, 2.75) is 0 Å². The van der Waals surface area contributed by atoms with Gasteiger partial charge in [-0.05, 0) is 140 Å². The molecule has 3 nitrogen and oxygen atoms in total. The van der Waals surface area contributed by atoms with Crippen molar-refractivity contribution in [3.05, 3.63) is 303 Å². The molecule has 0 bridgehead atoms. The summed E-state index contributed by atoms with van der Waals surface area (Å²) in [7, 11) is 0. The van der Waals surface area contributed by atoms with Gasteiger partial charge in [-0.1, -0.05) is 266 Å². The van der Waals surface area contributed by atoms with Crippen LogP contribution in [0.15, 0.2) is 316 Å². The summed E-state index contributed by atoms with van der Waals surface area (Å²) in [6, 6.07) is 28.5. The Morgan fingerprint density at radius 1 is 0.218 bits per heavy atom. The molecule has 0 radical (unpaired) electrons. The van der Waals surface area contributed by atoms with E-state index in [9.17, 15) is 11.0 Å². The number of hydrogen-bond donors (Lipinski definition) is 0. The van der Waals surface area contributed by atoms with Gasteiger partial charge in [-0.25, -0.2) is 0 Å². The first kappa shape index (κ1) is 29.8. The Kier molecular flexibility index (Phi) is 6.70. The molecule has 3 heteroatoms. The molecule has 0 saturated heterocycles. The highest BCUT2D eigenvalue weighted by Crippen LogP contribution is 2.53. The van der Waals surface area contributed by atoms with Crippen LogP contribution in [0.3, 0.4) is 0 Å². The Bertz CT molecular complexity index is 7340. The van der Waals surface area contributed by atoms with Crippen molar-refractivity contribution in [2.24, 2.45) is 0 Å². The summed E-state index contributed by atoms with van der Waals surface area (Å²) in [6.45, 7) is 0. The van der Waals surface area contributed by atoms with E-state index < -0.39 is 163 Å². The van der Waals surface area contributed by atoms with Gasteiger partial charge >= 0.3 is 0 Å². The fraction of sp³-hybridized carbons (Fsp3) is 0. The van der Waals surface area contributed by atoms with Crippen LogP contribution in [0.2, 0.25) is 0 Å². The smallest absolute Gasteiger partial charge is 0.147 e. The molecule has 19 aromatic rings. The minimum absolute atomic E-state index is 0.00784. The first-order valence-electron chi connectivity index (χ1n) is 40.7. The maximum Gasteiger partial charge on any atom is 0.147 e. The van der Waals surface area contributed by atoms with Gasteiger partial charge in [0.2, 0.25) is 0 Å². The molecule has 0 amide bonds. The minimum atomic E-state index is -0.732. The van der Waals surface area contributed by atoms with Crippen molar-refractivity contribution in [1.29, 1.82) is 0 Å². The minimum Gasteiger partial charge on any atom is -0.455 e. The van der Waals surface area contributed by atoms with Crippen molar-refractivity contribution >= 4 is 130 Å². The van der Waals surface area contributed by atoms with Crippen LogP contribution in [0, 0.1) is 0 Å². The van der Waals surface area contributed by atoms with Crippen LogP contribution >= 0.6 is 0 Å². The van der Waals surface area contributed by atoms with E-state index in [1.54, 1.807) is 42.5 Å². The average Bonchev–Trinajstić information content (AvgIpc) is 1.67. The molecule has 0 spiro atoms. The normalized spacial score (nSPS) is 16.1. The molecule has 0 N–H and O–H groups in total. The Hall–Kier alpha value is -11.5. The van der Waals surface area contributed by atoms with Crippen LogP contribution in [0.5, 0.6) is 0 Å². The molecule has 19 rings (SSSR count). The maximum absolute atomic E-state index is 9.56. The molecule has 0 atom stereocenters. The third-order valence-corrected chi connectivity index (χ3v) is 16.3. The lowest BCUT2D eigenvalue weighted by Crippen LogP contribution is -1.92. The molecule has 0 aliphatic heterocycles. The number of benzene rings is 16. The monoisotopic (exact) mass is 1130 g/mol. The number of rotatable bonds is 5. The lowest BCUT2D eigenvalue weighted by atomic mass is 9.83. The molecule has 0 saturated carbocycles. The van der Waals surface area contributed by atoms with Crippen LogP contribution in [0.4, 0.5) is 0 Å². The Morgan fingerprint density at radius 3 is 1.20 bits per heavy atom. The van der Waals surface area contributed by atoms with Gasteiger partial charge in [0.15, 0.2) is 0 Å². The second-order valence-corrected chi connectivity index (χ2v) is 20.9. The lowest BCUT2D eigenvalue weighted by molar-refractivity contribution is 0.658. The van der Waals surface area contributed by atoms with Crippen LogP contribution in [-0.2, 0) is 0 Å². The van der Waals surface area contributed by atoms with Gasteiger partial charge < -0.3 is 13.3 Å². The fourth-order valence-electron chi connectivity index (χ4n) is 12.7. The van der Waals surface area contributed by atoms with E-state index in [0.29, 0.717) is 60.0 Å². The summed E-state index contributed by atoms with van der Waals surface area (Å²) in [5.74, 6) is 0. The predicted molar refractivity (Wildman–Crippen MR) is 367 cm³/mol. The highest BCUT2D eigenvalue weighted by molar-refractivity contribution is 6.31. The number of para-hydroxylation sites is 2. The van der Waals surface area contributed by atoms with E-state index in [1.165, 1.54) is 6.07 Å². The van der Waals surface area contributed by atoms with Crippen molar-refractivity contribution < 1.29 is 48.9 Å². The first-order valence-corrected chi connectivity index (χ1v) is 27.7. The van der Waals surface area contributed by atoms with Gasteiger partial charge in [-0.15, -0.1) is 0 Å². The third-order valence-electron chi connectivity index (χ3n) is 16.3. The SMILES string of the molecule is [2H]c1c([2H])c([2H])c(-c2c3c([2H])c([2H])c([2H])c([2H])c3c(-c3c4oc5ccccc5c4cc4c3oc3ccccc34)c3c([2H])c([2H])c([2H])c([2H])c23)c([2H])c1[2H].[2H]c1c([2H])c([2H])c(-c2ccc(-c3c4c([2H])c([2H])c([2H])c([2H])c4c(-c4cccc5ccccc45)c4c([2H])c([2H])c([2H])c([2H])c34)c3c2oc2cc4ccccc4cc23)c([2H])c1[2H]. The zero-order valence-electron chi connectivity index (χ0n) is 71.1. The molecule has 87 heavy (non-hydrogen) atoms. The highest BCUT2D eigenvalue weighted by Gasteiger charge is 2.27. The Balaban J connectivity index is 0.000000159.